The summed E-state index contributed by atoms with van der Waals surface area (Å²) in [5, 5.41) is 12.2. The third-order valence-corrected chi connectivity index (χ3v) is 3.74. The number of aliphatic hydroxyl groups is 1. The maximum Gasteiger partial charge on any atom is 0.193 e. The van der Waals surface area contributed by atoms with Crippen LogP contribution in [0.1, 0.15) is 18.4 Å². The highest BCUT2D eigenvalue weighted by Gasteiger charge is 2.34. The Morgan fingerprint density at radius 3 is 2.71 bits per heavy atom. The summed E-state index contributed by atoms with van der Waals surface area (Å²) in [5.41, 5.74) is 7.98. The van der Waals surface area contributed by atoms with Crippen molar-refractivity contribution >= 4 is 35.6 Å². The van der Waals surface area contributed by atoms with Crippen molar-refractivity contribution in [2.24, 2.45) is 16.1 Å². The highest BCUT2D eigenvalue weighted by Crippen LogP contribution is 2.32. The summed E-state index contributed by atoms with van der Waals surface area (Å²) in [6.45, 7) is 4.16. The van der Waals surface area contributed by atoms with Crippen LogP contribution in [0.2, 0.25) is 0 Å². The molecule has 0 aliphatic carbocycles. The summed E-state index contributed by atoms with van der Waals surface area (Å²) in [7, 11) is 0. The van der Waals surface area contributed by atoms with Crippen molar-refractivity contribution in [1.82, 2.24) is 0 Å². The molecule has 0 aromatic heterocycles. The molecule has 1 saturated heterocycles. The van der Waals surface area contributed by atoms with E-state index in [1.54, 1.807) is 0 Å². The van der Waals surface area contributed by atoms with E-state index < -0.39 is 0 Å². The predicted octanol–water partition coefficient (Wildman–Crippen LogP) is 2.13. The Balaban J connectivity index is 0.00000220. The van der Waals surface area contributed by atoms with Gasteiger partial charge in [0.15, 0.2) is 5.96 Å². The molecule has 1 aromatic rings. The first kappa shape index (κ1) is 18.2. The normalized spacial score (nSPS) is 21.9. The van der Waals surface area contributed by atoms with Crippen molar-refractivity contribution < 1.29 is 9.84 Å². The summed E-state index contributed by atoms with van der Waals surface area (Å²) in [6, 6.07) is 7.99. The van der Waals surface area contributed by atoms with E-state index in [1.165, 1.54) is 5.56 Å². The van der Waals surface area contributed by atoms with E-state index in [4.69, 9.17) is 15.6 Å². The van der Waals surface area contributed by atoms with Crippen LogP contribution in [0.3, 0.4) is 0 Å². The van der Waals surface area contributed by atoms with Gasteiger partial charge in [0.2, 0.25) is 0 Å². The molecule has 1 atom stereocenters. The summed E-state index contributed by atoms with van der Waals surface area (Å²) < 4.78 is 5.44. The van der Waals surface area contributed by atoms with Gasteiger partial charge in [-0.2, -0.15) is 0 Å². The van der Waals surface area contributed by atoms with Gasteiger partial charge in [-0.3, -0.25) is 4.99 Å². The Morgan fingerprint density at radius 2 is 2.14 bits per heavy atom. The molecule has 0 bridgehead atoms. The van der Waals surface area contributed by atoms with E-state index in [2.05, 4.69) is 10.3 Å². The molecule has 5 nitrogen and oxygen atoms in total. The van der Waals surface area contributed by atoms with E-state index in [0.717, 1.165) is 18.7 Å². The predicted molar refractivity (Wildman–Crippen MR) is 96.3 cm³/mol. The van der Waals surface area contributed by atoms with Crippen molar-refractivity contribution in [3.05, 3.63) is 29.8 Å². The second-order valence-corrected chi connectivity index (χ2v) is 5.47. The maximum absolute atomic E-state index is 9.17. The largest absolute Gasteiger partial charge is 0.396 e. The molecular weight excluding hydrogens is 381 g/mol. The lowest BCUT2D eigenvalue weighted by Gasteiger charge is -2.24. The number of hydrogen-bond donors (Lipinski definition) is 3. The number of nitrogens with two attached hydrogens (primary N) is 1. The zero-order valence-corrected chi connectivity index (χ0v) is 14.7. The third kappa shape index (κ3) is 5.44. The van der Waals surface area contributed by atoms with Crippen LogP contribution < -0.4 is 11.1 Å². The summed E-state index contributed by atoms with van der Waals surface area (Å²) in [4.78, 5) is 4.41. The second-order valence-electron chi connectivity index (χ2n) is 5.47. The number of anilines is 1. The summed E-state index contributed by atoms with van der Waals surface area (Å²) in [5.74, 6) is 0.401. The minimum atomic E-state index is -0.0612. The minimum Gasteiger partial charge on any atom is -0.396 e. The van der Waals surface area contributed by atoms with E-state index >= 15 is 0 Å². The SMILES string of the molecule is Cc1ccc(NC(N)=NCC2(CCO)CCOC2)cc1.I. The number of aryl methyl sites for hydroxylation is 1. The Labute approximate surface area is 143 Å². The molecule has 1 fully saturated rings. The van der Waals surface area contributed by atoms with Crippen LogP contribution in [0.5, 0.6) is 0 Å². The number of aliphatic hydroxyl groups excluding tert-OH is 1. The zero-order valence-electron chi connectivity index (χ0n) is 12.3. The molecule has 4 N–H and O–H groups in total. The Hall–Kier alpha value is -0.860. The van der Waals surface area contributed by atoms with Gasteiger partial charge >= 0.3 is 0 Å². The molecule has 6 heteroatoms. The van der Waals surface area contributed by atoms with Gasteiger partial charge in [0, 0.05) is 24.3 Å². The van der Waals surface area contributed by atoms with Crippen molar-refractivity contribution in [2.75, 3.05) is 31.7 Å². The first-order chi connectivity index (χ1) is 9.63. The lowest BCUT2D eigenvalue weighted by atomic mass is 9.84. The smallest absolute Gasteiger partial charge is 0.193 e. The number of rotatable bonds is 5. The second kappa shape index (κ2) is 8.55. The number of nitrogens with one attached hydrogen (secondary N) is 1. The number of guanidine groups is 1. The average molecular weight is 405 g/mol. The molecule has 1 aliphatic rings. The van der Waals surface area contributed by atoms with Crippen molar-refractivity contribution in [1.29, 1.82) is 0 Å². The van der Waals surface area contributed by atoms with Gasteiger partial charge in [0.05, 0.1) is 13.2 Å². The molecule has 0 amide bonds. The van der Waals surface area contributed by atoms with Gasteiger partial charge in [0.1, 0.15) is 0 Å². The van der Waals surface area contributed by atoms with Crippen molar-refractivity contribution in [3.8, 4) is 0 Å². The van der Waals surface area contributed by atoms with Crippen molar-refractivity contribution in [3.63, 3.8) is 0 Å². The minimum absolute atomic E-state index is 0. The van der Waals surface area contributed by atoms with Gasteiger partial charge in [-0.1, -0.05) is 17.7 Å². The number of benzene rings is 1. The Kier molecular flexibility index (Phi) is 7.41. The average Bonchev–Trinajstić information content (AvgIpc) is 2.89. The van der Waals surface area contributed by atoms with E-state index in [0.29, 0.717) is 25.5 Å². The molecule has 1 unspecified atom stereocenters. The number of halogens is 1. The van der Waals surface area contributed by atoms with Crippen LogP contribution in [0.25, 0.3) is 0 Å². The fraction of sp³-hybridized carbons (Fsp3) is 0.533. The highest BCUT2D eigenvalue weighted by molar-refractivity contribution is 14.0. The molecular formula is C15H24IN3O2. The van der Waals surface area contributed by atoms with Crippen LogP contribution in [0.4, 0.5) is 5.69 Å². The third-order valence-electron chi connectivity index (χ3n) is 3.74. The van der Waals surface area contributed by atoms with Crippen LogP contribution in [-0.2, 0) is 4.74 Å². The van der Waals surface area contributed by atoms with Gasteiger partial charge in [0.25, 0.3) is 0 Å². The van der Waals surface area contributed by atoms with Crippen molar-refractivity contribution in [2.45, 2.75) is 19.8 Å². The van der Waals surface area contributed by atoms with Gasteiger partial charge in [-0.25, -0.2) is 0 Å². The summed E-state index contributed by atoms with van der Waals surface area (Å²) >= 11 is 0. The number of aliphatic imine (C=N–C) groups is 1. The molecule has 0 radical (unpaired) electrons. The first-order valence-corrected chi connectivity index (χ1v) is 6.96. The molecule has 118 valence electrons. The molecule has 21 heavy (non-hydrogen) atoms. The molecule has 0 saturated carbocycles. The summed E-state index contributed by atoms with van der Waals surface area (Å²) in [6.07, 6.45) is 1.63. The number of hydrogen-bond acceptors (Lipinski definition) is 3. The molecule has 0 spiro atoms. The molecule has 1 aromatic carbocycles. The zero-order chi connectivity index (χ0) is 14.4. The monoisotopic (exact) mass is 405 g/mol. The van der Waals surface area contributed by atoms with Gasteiger partial charge in [-0.05, 0) is 31.9 Å². The maximum atomic E-state index is 9.17. The lowest BCUT2D eigenvalue weighted by Crippen LogP contribution is -2.30. The number of nitrogens with zero attached hydrogens (tertiary/aromatic N) is 1. The lowest BCUT2D eigenvalue weighted by molar-refractivity contribution is 0.131. The van der Waals surface area contributed by atoms with E-state index in [9.17, 15) is 0 Å². The van der Waals surface area contributed by atoms with Crippen LogP contribution >= 0.6 is 24.0 Å². The Morgan fingerprint density at radius 1 is 1.43 bits per heavy atom. The molecule has 1 heterocycles. The molecule has 1 aliphatic heterocycles. The van der Waals surface area contributed by atoms with Crippen LogP contribution in [-0.4, -0.2) is 37.4 Å². The van der Waals surface area contributed by atoms with Crippen LogP contribution in [0.15, 0.2) is 29.3 Å². The highest BCUT2D eigenvalue weighted by atomic mass is 127. The van der Waals surface area contributed by atoms with Gasteiger partial charge < -0.3 is 20.9 Å². The fourth-order valence-corrected chi connectivity index (χ4v) is 2.36. The van der Waals surface area contributed by atoms with Crippen LogP contribution in [0, 0.1) is 12.3 Å². The standard InChI is InChI=1S/C15H23N3O2.HI/c1-12-2-4-13(5-3-12)18-14(16)17-10-15(6-8-19)7-9-20-11-15;/h2-5,19H,6-11H2,1H3,(H3,16,17,18);1H. The fourth-order valence-electron chi connectivity index (χ4n) is 2.36. The van der Waals surface area contributed by atoms with E-state index in [-0.39, 0.29) is 36.0 Å². The quantitative estimate of drug-likeness (QED) is 0.399. The van der Waals surface area contributed by atoms with Gasteiger partial charge in [-0.15, -0.1) is 24.0 Å². The molecule has 2 rings (SSSR count). The first-order valence-electron chi connectivity index (χ1n) is 6.96. The Bertz CT molecular complexity index is 456. The van der Waals surface area contributed by atoms with E-state index in [1.807, 2.05) is 31.2 Å². The number of ether oxygens (including phenoxy) is 1. The topological polar surface area (TPSA) is 79.9 Å².